The SMILES string of the molecule is COc1ccccc1/C=N/NC(=O)C(=O)Nc1ccc(F)cc1. The highest BCUT2D eigenvalue weighted by atomic mass is 19.1. The molecule has 0 saturated heterocycles. The molecule has 0 aromatic heterocycles. The van der Waals surface area contributed by atoms with Gasteiger partial charge >= 0.3 is 11.8 Å². The molecule has 0 aliphatic carbocycles. The lowest BCUT2D eigenvalue weighted by Gasteiger charge is -2.04. The number of methoxy groups -OCH3 is 1. The molecule has 0 bridgehead atoms. The minimum absolute atomic E-state index is 0.306. The summed E-state index contributed by atoms with van der Waals surface area (Å²) >= 11 is 0. The van der Waals surface area contributed by atoms with Crippen molar-refractivity contribution in [1.29, 1.82) is 0 Å². The van der Waals surface area contributed by atoms with Gasteiger partial charge in [0.2, 0.25) is 0 Å². The van der Waals surface area contributed by atoms with E-state index in [2.05, 4.69) is 15.8 Å². The number of amides is 2. The van der Waals surface area contributed by atoms with Gasteiger partial charge in [0.1, 0.15) is 11.6 Å². The number of hydrogen-bond acceptors (Lipinski definition) is 4. The summed E-state index contributed by atoms with van der Waals surface area (Å²) in [5.74, 6) is -1.70. The zero-order chi connectivity index (χ0) is 16.7. The lowest BCUT2D eigenvalue weighted by Crippen LogP contribution is -2.32. The molecular formula is C16H14FN3O3. The fourth-order valence-corrected chi connectivity index (χ4v) is 1.71. The molecule has 0 unspecified atom stereocenters. The minimum Gasteiger partial charge on any atom is -0.496 e. The number of ether oxygens (including phenoxy) is 1. The molecule has 2 aromatic rings. The quantitative estimate of drug-likeness (QED) is 0.514. The number of halogens is 1. The van der Waals surface area contributed by atoms with Gasteiger partial charge in [0.05, 0.1) is 13.3 Å². The van der Waals surface area contributed by atoms with Gasteiger partial charge < -0.3 is 10.1 Å². The second-order valence-electron chi connectivity index (χ2n) is 4.40. The Labute approximate surface area is 132 Å². The second-order valence-corrected chi connectivity index (χ2v) is 4.40. The van der Waals surface area contributed by atoms with E-state index in [0.717, 1.165) is 0 Å². The average Bonchev–Trinajstić information content (AvgIpc) is 2.57. The van der Waals surface area contributed by atoms with E-state index in [0.29, 0.717) is 17.0 Å². The first-order chi connectivity index (χ1) is 11.1. The maximum atomic E-state index is 12.8. The third-order valence-corrected chi connectivity index (χ3v) is 2.82. The molecule has 7 heteroatoms. The predicted octanol–water partition coefficient (Wildman–Crippen LogP) is 1.92. The average molecular weight is 315 g/mol. The van der Waals surface area contributed by atoms with E-state index >= 15 is 0 Å². The Kier molecular flexibility index (Phi) is 5.40. The number of carbonyl (C=O) groups excluding carboxylic acids is 2. The van der Waals surface area contributed by atoms with Crippen molar-refractivity contribution in [2.45, 2.75) is 0 Å². The third-order valence-electron chi connectivity index (χ3n) is 2.82. The maximum absolute atomic E-state index is 12.8. The van der Waals surface area contributed by atoms with Gasteiger partial charge in [-0.1, -0.05) is 12.1 Å². The first kappa shape index (κ1) is 16.2. The van der Waals surface area contributed by atoms with Gasteiger partial charge in [0.25, 0.3) is 0 Å². The smallest absolute Gasteiger partial charge is 0.329 e. The van der Waals surface area contributed by atoms with E-state index in [4.69, 9.17) is 4.74 Å². The Morgan fingerprint density at radius 1 is 1.09 bits per heavy atom. The van der Waals surface area contributed by atoms with Crippen molar-refractivity contribution < 1.29 is 18.7 Å². The van der Waals surface area contributed by atoms with Crippen molar-refractivity contribution in [3.8, 4) is 5.75 Å². The molecule has 2 N–H and O–H groups in total. The zero-order valence-electron chi connectivity index (χ0n) is 12.2. The molecule has 118 valence electrons. The Morgan fingerprint density at radius 2 is 1.78 bits per heavy atom. The predicted molar refractivity (Wildman–Crippen MR) is 83.8 cm³/mol. The highest BCUT2D eigenvalue weighted by molar-refractivity contribution is 6.39. The molecule has 0 aliphatic heterocycles. The molecule has 0 spiro atoms. The van der Waals surface area contributed by atoms with Crippen LogP contribution in [0.15, 0.2) is 53.6 Å². The number of rotatable bonds is 4. The first-order valence-electron chi connectivity index (χ1n) is 6.63. The Hall–Kier alpha value is -3.22. The van der Waals surface area contributed by atoms with Crippen molar-refractivity contribution in [2.24, 2.45) is 5.10 Å². The van der Waals surface area contributed by atoms with Crippen LogP contribution in [0.1, 0.15) is 5.56 Å². The Morgan fingerprint density at radius 3 is 2.48 bits per heavy atom. The molecule has 0 aliphatic rings. The summed E-state index contributed by atoms with van der Waals surface area (Å²) in [6.45, 7) is 0. The molecule has 0 atom stereocenters. The lowest BCUT2D eigenvalue weighted by atomic mass is 10.2. The molecule has 0 fully saturated rings. The standard InChI is InChI=1S/C16H14FN3O3/c1-23-14-5-3-2-4-11(14)10-18-20-16(22)15(21)19-13-8-6-12(17)7-9-13/h2-10H,1H3,(H,19,21)(H,20,22)/b18-10+. The lowest BCUT2D eigenvalue weighted by molar-refractivity contribution is -0.136. The van der Waals surface area contributed by atoms with Crippen LogP contribution in [0.2, 0.25) is 0 Å². The molecule has 23 heavy (non-hydrogen) atoms. The van der Waals surface area contributed by atoms with Crippen LogP contribution in [0.25, 0.3) is 0 Å². The van der Waals surface area contributed by atoms with Crippen LogP contribution in [0.3, 0.4) is 0 Å². The number of anilines is 1. The van der Waals surface area contributed by atoms with Gasteiger partial charge in [-0.15, -0.1) is 0 Å². The number of hydrogen-bond donors (Lipinski definition) is 2. The molecule has 2 rings (SSSR count). The molecule has 0 heterocycles. The van der Waals surface area contributed by atoms with E-state index in [1.165, 1.54) is 37.6 Å². The van der Waals surface area contributed by atoms with Gasteiger partial charge in [-0.3, -0.25) is 9.59 Å². The van der Waals surface area contributed by atoms with Gasteiger partial charge in [0.15, 0.2) is 0 Å². The minimum atomic E-state index is -0.944. The molecule has 2 amide bonds. The largest absolute Gasteiger partial charge is 0.496 e. The monoisotopic (exact) mass is 315 g/mol. The molecule has 0 saturated carbocycles. The van der Waals surface area contributed by atoms with Gasteiger partial charge in [-0.05, 0) is 36.4 Å². The summed E-state index contributed by atoms with van der Waals surface area (Å²) in [5.41, 5.74) is 3.06. The number of benzene rings is 2. The van der Waals surface area contributed by atoms with E-state index in [1.807, 2.05) is 0 Å². The van der Waals surface area contributed by atoms with E-state index < -0.39 is 17.6 Å². The van der Waals surface area contributed by atoms with Gasteiger partial charge in [-0.25, -0.2) is 9.82 Å². The third kappa shape index (κ3) is 4.63. The fraction of sp³-hybridized carbons (Fsp3) is 0.0625. The van der Waals surface area contributed by atoms with Crippen molar-refractivity contribution in [3.63, 3.8) is 0 Å². The summed E-state index contributed by atoms with van der Waals surface area (Å²) in [6, 6.07) is 12.1. The summed E-state index contributed by atoms with van der Waals surface area (Å²) in [6.07, 6.45) is 1.36. The van der Waals surface area contributed by atoms with E-state index in [-0.39, 0.29) is 0 Å². The van der Waals surface area contributed by atoms with Crippen LogP contribution in [-0.2, 0) is 9.59 Å². The summed E-state index contributed by atoms with van der Waals surface area (Å²) in [5, 5.41) is 6.03. The Balaban J connectivity index is 1.92. The van der Waals surface area contributed by atoms with Crippen molar-refractivity contribution in [2.75, 3.05) is 12.4 Å². The first-order valence-corrected chi connectivity index (χ1v) is 6.63. The molecular weight excluding hydrogens is 301 g/mol. The number of carbonyl (C=O) groups is 2. The van der Waals surface area contributed by atoms with Crippen LogP contribution < -0.4 is 15.5 Å². The number of para-hydroxylation sites is 1. The van der Waals surface area contributed by atoms with Crippen LogP contribution in [0.5, 0.6) is 5.75 Å². The van der Waals surface area contributed by atoms with Crippen LogP contribution >= 0.6 is 0 Å². The molecule has 2 aromatic carbocycles. The van der Waals surface area contributed by atoms with E-state index in [9.17, 15) is 14.0 Å². The molecule has 0 radical (unpaired) electrons. The van der Waals surface area contributed by atoms with Crippen LogP contribution in [0.4, 0.5) is 10.1 Å². The van der Waals surface area contributed by atoms with Crippen molar-refractivity contribution >= 4 is 23.7 Å². The van der Waals surface area contributed by atoms with Gasteiger partial charge in [-0.2, -0.15) is 5.10 Å². The second kappa shape index (κ2) is 7.69. The maximum Gasteiger partial charge on any atom is 0.329 e. The van der Waals surface area contributed by atoms with Crippen molar-refractivity contribution in [1.82, 2.24) is 5.43 Å². The Bertz CT molecular complexity index is 730. The normalized spacial score (nSPS) is 10.3. The highest BCUT2D eigenvalue weighted by Crippen LogP contribution is 2.14. The topological polar surface area (TPSA) is 79.8 Å². The summed E-state index contributed by atoms with van der Waals surface area (Å²) < 4.78 is 17.9. The fourth-order valence-electron chi connectivity index (χ4n) is 1.71. The zero-order valence-corrected chi connectivity index (χ0v) is 12.2. The molecule has 6 nitrogen and oxygen atoms in total. The number of nitrogens with one attached hydrogen (secondary N) is 2. The summed E-state index contributed by atoms with van der Waals surface area (Å²) in [7, 11) is 1.52. The summed E-state index contributed by atoms with van der Waals surface area (Å²) in [4.78, 5) is 23.3. The van der Waals surface area contributed by atoms with Gasteiger partial charge in [0, 0.05) is 11.3 Å². The number of hydrazone groups is 1. The van der Waals surface area contributed by atoms with Crippen LogP contribution in [0, 0.1) is 5.82 Å². The number of nitrogens with zero attached hydrogens (tertiary/aromatic N) is 1. The van der Waals surface area contributed by atoms with Crippen LogP contribution in [-0.4, -0.2) is 25.1 Å². The highest BCUT2D eigenvalue weighted by Gasteiger charge is 2.12. The van der Waals surface area contributed by atoms with E-state index in [1.54, 1.807) is 24.3 Å². The van der Waals surface area contributed by atoms with Crippen molar-refractivity contribution in [3.05, 3.63) is 59.9 Å².